The molecule has 104 valence electrons. The van der Waals surface area contributed by atoms with Gasteiger partial charge in [-0.2, -0.15) is 0 Å². The summed E-state index contributed by atoms with van der Waals surface area (Å²) in [6, 6.07) is 0. The molecule has 2 N–H and O–H groups in total. The van der Waals surface area contributed by atoms with Gasteiger partial charge in [0.25, 0.3) is 0 Å². The highest BCUT2D eigenvalue weighted by atomic mass is 16.3. The molecule has 3 aliphatic rings. The molecular formula is C16H24N2O. The van der Waals surface area contributed by atoms with Crippen LogP contribution >= 0.6 is 0 Å². The molecule has 0 aromatic rings. The molecule has 2 unspecified atom stereocenters. The number of nitrogens with zero attached hydrogens (tertiary/aromatic N) is 1. The lowest BCUT2D eigenvalue weighted by molar-refractivity contribution is 0.356. The van der Waals surface area contributed by atoms with Crippen LogP contribution in [-0.4, -0.2) is 16.2 Å². The number of unbranched alkanes of at least 4 members (excludes halogenated alkanes) is 2. The van der Waals surface area contributed by atoms with Crippen molar-refractivity contribution >= 4 is 0 Å². The van der Waals surface area contributed by atoms with Crippen LogP contribution in [0.2, 0.25) is 0 Å². The van der Waals surface area contributed by atoms with Crippen LogP contribution in [0.25, 0.3) is 0 Å². The Balaban J connectivity index is 1.39. The molecule has 2 aliphatic heterocycles. The van der Waals surface area contributed by atoms with Crippen LogP contribution in [0.15, 0.2) is 36.0 Å². The zero-order chi connectivity index (χ0) is 13.2. The second kappa shape index (κ2) is 5.32. The van der Waals surface area contributed by atoms with Crippen LogP contribution in [0.1, 0.15) is 45.4 Å². The molecule has 3 nitrogen and oxygen atoms in total. The number of allylic oxidation sites excluding steroid dienone is 1. The summed E-state index contributed by atoms with van der Waals surface area (Å²) in [5, 5.41) is 13.2. The molecule has 3 atom stereocenters. The molecule has 2 heterocycles. The molecule has 0 aromatic heterocycles. The Labute approximate surface area is 115 Å². The van der Waals surface area contributed by atoms with Crippen LogP contribution < -0.4 is 5.32 Å². The molecule has 0 aromatic carbocycles. The van der Waals surface area contributed by atoms with E-state index in [0.717, 1.165) is 23.8 Å². The van der Waals surface area contributed by atoms with Gasteiger partial charge in [-0.1, -0.05) is 26.2 Å². The third-order valence-electron chi connectivity index (χ3n) is 4.58. The van der Waals surface area contributed by atoms with Gasteiger partial charge in [0.15, 0.2) is 0 Å². The van der Waals surface area contributed by atoms with Gasteiger partial charge in [-0.05, 0) is 31.1 Å². The van der Waals surface area contributed by atoms with Crippen molar-refractivity contribution in [3.05, 3.63) is 36.0 Å². The van der Waals surface area contributed by atoms with E-state index in [1.54, 1.807) is 0 Å². The number of nitrogens with one attached hydrogen (secondary N) is 1. The lowest BCUT2D eigenvalue weighted by atomic mass is 10.0. The molecule has 1 aliphatic carbocycles. The van der Waals surface area contributed by atoms with Gasteiger partial charge in [-0.25, -0.2) is 0 Å². The predicted molar refractivity (Wildman–Crippen MR) is 77.1 cm³/mol. The van der Waals surface area contributed by atoms with E-state index in [1.165, 1.54) is 32.1 Å². The highest BCUT2D eigenvalue weighted by Gasteiger charge is 2.31. The fourth-order valence-electron chi connectivity index (χ4n) is 3.06. The van der Waals surface area contributed by atoms with E-state index >= 15 is 0 Å². The van der Waals surface area contributed by atoms with Gasteiger partial charge < -0.3 is 15.3 Å². The van der Waals surface area contributed by atoms with Crippen molar-refractivity contribution in [3.63, 3.8) is 0 Å². The van der Waals surface area contributed by atoms with Crippen LogP contribution in [-0.2, 0) is 0 Å². The summed E-state index contributed by atoms with van der Waals surface area (Å²) < 4.78 is 0. The quantitative estimate of drug-likeness (QED) is 0.716. The normalized spacial score (nSPS) is 31.6. The molecule has 1 fully saturated rings. The number of aliphatic hydroxyl groups excluding tert-OH is 1. The first-order chi connectivity index (χ1) is 9.24. The SMILES string of the molecule is CC1C[C@H]1CCCCCC1=CN2C=CNC2C=C1O. The number of rotatable bonds is 6. The van der Waals surface area contributed by atoms with Crippen molar-refractivity contribution in [2.45, 2.75) is 51.6 Å². The summed E-state index contributed by atoms with van der Waals surface area (Å²) in [4.78, 5) is 2.11. The molecule has 0 saturated heterocycles. The second-order valence-corrected chi connectivity index (χ2v) is 6.15. The first-order valence-corrected chi connectivity index (χ1v) is 7.56. The highest BCUT2D eigenvalue weighted by Crippen LogP contribution is 2.41. The van der Waals surface area contributed by atoms with Gasteiger partial charge >= 0.3 is 0 Å². The van der Waals surface area contributed by atoms with Crippen molar-refractivity contribution in [2.24, 2.45) is 11.8 Å². The Bertz CT molecular complexity index is 424. The Morgan fingerprint density at radius 1 is 1.37 bits per heavy atom. The minimum absolute atomic E-state index is 0.111. The van der Waals surface area contributed by atoms with E-state index in [1.807, 2.05) is 18.5 Å². The lowest BCUT2D eigenvalue weighted by Gasteiger charge is -2.25. The molecular weight excluding hydrogens is 236 g/mol. The topological polar surface area (TPSA) is 35.5 Å². The summed E-state index contributed by atoms with van der Waals surface area (Å²) in [7, 11) is 0. The second-order valence-electron chi connectivity index (χ2n) is 6.15. The minimum Gasteiger partial charge on any atom is -0.508 e. The Kier molecular flexibility index (Phi) is 3.54. The van der Waals surface area contributed by atoms with E-state index in [4.69, 9.17) is 0 Å². The zero-order valence-electron chi connectivity index (χ0n) is 11.7. The largest absolute Gasteiger partial charge is 0.508 e. The van der Waals surface area contributed by atoms with Gasteiger partial charge in [-0.15, -0.1) is 0 Å². The summed E-state index contributed by atoms with van der Waals surface area (Å²) in [6.07, 6.45) is 15.7. The highest BCUT2D eigenvalue weighted by molar-refractivity contribution is 5.32. The Hall–Kier alpha value is -1.38. The maximum Gasteiger partial charge on any atom is 0.125 e. The summed E-state index contributed by atoms with van der Waals surface area (Å²) >= 11 is 0. The lowest BCUT2D eigenvalue weighted by Crippen LogP contribution is -2.32. The zero-order valence-corrected chi connectivity index (χ0v) is 11.7. The fourth-order valence-corrected chi connectivity index (χ4v) is 3.06. The third kappa shape index (κ3) is 2.96. The Morgan fingerprint density at radius 2 is 2.21 bits per heavy atom. The van der Waals surface area contributed by atoms with Gasteiger partial charge in [-0.3, -0.25) is 0 Å². The number of fused-ring (bicyclic) bond motifs is 1. The number of hydrogen-bond donors (Lipinski definition) is 2. The Morgan fingerprint density at radius 3 is 3.00 bits per heavy atom. The molecule has 19 heavy (non-hydrogen) atoms. The van der Waals surface area contributed by atoms with Crippen molar-refractivity contribution in [3.8, 4) is 0 Å². The predicted octanol–water partition coefficient (Wildman–Crippen LogP) is 3.63. The number of aliphatic hydroxyl groups is 1. The molecule has 0 amide bonds. The van der Waals surface area contributed by atoms with Crippen LogP contribution in [0.3, 0.4) is 0 Å². The monoisotopic (exact) mass is 260 g/mol. The maximum atomic E-state index is 10.0. The average Bonchev–Trinajstić information content (AvgIpc) is 2.90. The smallest absolute Gasteiger partial charge is 0.125 e. The van der Waals surface area contributed by atoms with Crippen LogP contribution in [0.4, 0.5) is 0 Å². The van der Waals surface area contributed by atoms with Crippen LogP contribution in [0, 0.1) is 11.8 Å². The van der Waals surface area contributed by atoms with Gasteiger partial charge in [0.1, 0.15) is 11.9 Å². The molecule has 0 radical (unpaired) electrons. The van der Waals surface area contributed by atoms with Crippen LogP contribution in [0.5, 0.6) is 0 Å². The first-order valence-electron chi connectivity index (χ1n) is 7.56. The van der Waals surface area contributed by atoms with E-state index in [-0.39, 0.29) is 6.17 Å². The van der Waals surface area contributed by atoms with E-state index in [0.29, 0.717) is 5.76 Å². The maximum absolute atomic E-state index is 10.0. The molecule has 0 spiro atoms. The van der Waals surface area contributed by atoms with E-state index in [2.05, 4.69) is 23.3 Å². The third-order valence-corrected chi connectivity index (χ3v) is 4.58. The molecule has 3 heteroatoms. The average molecular weight is 260 g/mol. The summed E-state index contributed by atoms with van der Waals surface area (Å²) in [5.74, 6) is 2.46. The van der Waals surface area contributed by atoms with Crippen molar-refractivity contribution in [1.29, 1.82) is 0 Å². The molecule has 3 rings (SSSR count). The van der Waals surface area contributed by atoms with Crippen molar-refractivity contribution in [2.75, 3.05) is 0 Å². The first kappa shape index (κ1) is 12.6. The molecule has 0 bridgehead atoms. The molecule has 1 saturated carbocycles. The standard InChI is InChI=1S/C16H24N2O/c1-12-9-13(12)5-3-2-4-6-14-11-18-8-7-17-16(18)10-15(14)19/h7-8,10-13,16-17,19H,2-6,9H2,1H3/t12?,13-,16?/m1/s1. The van der Waals surface area contributed by atoms with Gasteiger partial charge in [0, 0.05) is 30.2 Å². The van der Waals surface area contributed by atoms with Crippen molar-refractivity contribution in [1.82, 2.24) is 10.2 Å². The number of hydrogen-bond acceptors (Lipinski definition) is 3. The minimum atomic E-state index is 0.111. The van der Waals surface area contributed by atoms with Gasteiger partial charge in [0.05, 0.1) is 0 Å². The summed E-state index contributed by atoms with van der Waals surface area (Å²) in [6.45, 7) is 2.36. The van der Waals surface area contributed by atoms with Gasteiger partial charge in [0.2, 0.25) is 0 Å². The fraction of sp³-hybridized carbons (Fsp3) is 0.625. The van der Waals surface area contributed by atoms with Crippen molar-refractivity contribution < 1.29 is 5.11 Å². The summed E-state index contributed by atoms with van der Waals surface area (Å²) in [5.41, 5.74) is 1.07. The van der Waals surface area contributed by atoms with E-state index < -0.39 is 0 Å². The van der Waals surface area contributed by atoms with E-state index in [9.17, 15) is 5.11 Å².